The first kappa shape index (κ1) is 14.4. The maximum Gasteiger partial charge on any atom is 0.0821 e. The van der Waals surface area contributed by atoms with Crippen molar-refractivity contribution in [2.75, 3.05) is 34.2 Å². The van der Waals surface area contributed by atoms with Crippen LogP contribution in [-0.4, -0.2) is 49.0 Å². The van der Waals surface area contributed by atoms with E-state index in [9.17, 15) is 0 Å². The Balaban J connectivity index is 2.45. The third-order valence-corrected chi connectivity index (χ3v) is 3.28. The van der Waals surface area contributed by atoms with E-state index in [1.165, 1.54) is 5.56 Å². The predicted molar refractivity (Wildman–Crippen MR) is 78.9 cm³/mol. The number of nitrogens with zero attached hydrogens (tertiary/aromatic N) is 2. The second kappa shape index (κ2) is 6.94. The van der Waals surface area contributed by atoms with Gasteiger partial charge in [0, 0.05) is 31.6 Å². The van der Waals surface area contributed by atoms with Gasteiger partial charge in [-0.15, -0.1) is 0 Å². The van der Waals surface area contributed by atoms with Crippen molar-refractivity contribution in [1.82, 2.24) is 9.80 Å². The molecule has 1 aromatic carbocycles. The van der Waals surface area contributed by atoms with Gasteiger partial charge in [-0.05, 0) is 31.8 Å². The smallest absolute Gasteiger partial charge is 0.0821 e. The maximum absolute atomic E-state index is 5.85. The van der Waals surface area contributed by atoms with E-state index in [0.717, 1.165) is 29.5 Å². The average molecular weight is 271 g/mol. The Bertz CT molecular complexity index is 362. The highest BCUT2D eigenvalue weighted by atomic mass is 35.5. The molecule has 0 heterocycles. The Labute approximate surface area is 114 Å². The normalized spacial score (nSPS) is 10.6. The topological polar surface area (TPSA) is 6.48 Å². The third kappa shape index (κ3) is 5.48. The van der Waals surface area contributed by atoms with Crippen LogP contribution in [0.15, 0.2) is 24.3 Å². The van der Waals surface area contributed by atoms with Crippen molar-refractivity contribution in [2.45, 2.75) is 6.42 Å². The largest absolute Gasteiger partial charge is 0.368 e. The van der Waals surface area contributed by atoms with Gasteiger partial charge in [0.15, 0.2) is 0 Å². The Morgan fingerprint density at radius 1 is 1.12 bits per heavy atom. The van der Waals surface area contributed by atoms with E-state index >= 15 is 0 Å². The molecule has 0 radical (unpaired) electrons. The number of hydrogen-bond donors (Lipinski definition) is 0. The number of benzene rings is 1. The van der Waals surface area contributed by atoms with E-state index in [4.69, 9.17) is 23.8 Å². The molecule has 0 aliphatic rings. The van der Waals surface area contributed by atoms with Gasteiger partial charge in [0.1, 0.15) is 0 Å². The highest BCUT2D eigenvalue weighted by molar-refractivity contribution is 7.80. The number of rotatable bonds is 5. The first-order chi connectivity index (χ1) is 7.99. The molecule has 0 fully saturated rings. The van der Waals surface area contributed by atoms with Crippen LogP contribution in [0.5, 0.6) is 0 Å². The summed E-state index contributed by atoms with van der Waals surface area (Å²) >= 11 is 11.3. The Kier molecular flexibility index (Phi) is 5.89. The predicted octanol–water partition coefficient (Wildman–Crippen LogP) is 2.70. The van der Waals surface area contributed by atoms with Gasteiger partial charge in [0.25, 0.3) is 0 Å². The van der Waals surface area contributed by atoms with Gasteiger partial charge in [-0.3, -0.25) is 0 Å². The van der Waals surface area contributed by atoms with Gasteiger partial charge in [-0.2, -0.15) is 0 Å². The molecule has 0 aliphatic heterocycles. The Morgan fingerprint density at radius 2 is 1.71 bits per heavy atom. The van der Waals surface area contributed by atoms with Crippen LogP contribution in [0.3, 0.4) is 0 Å². The zero-order chi connectivity index (χ0) is 12.8. The number of likely N-dealkylation sites (N-methyl/N-ethyl adjacent to an activating group) is 2. The Morgan fingerprint density at radius 3 is 2.24 bits per heavy atom. The molecule has 0 bridgehead atoms. The minimum atomic E-state index is 0.764. The molecule has 0 amide bonds. The molecule has 94 valence electrons. The average Bonchev–Trinajstić information content (AvgIpc) is 2.28. The van der Waals surface area contributed by atoms with Crippen molar-refractivity contribution in [3.8, 4) is 0 Å². The fourth-order valence-electron chi connectivity index (χ4n) is 1.39. The van der Waals surface area contributed by atoms with Gasteiger partial charge in [-0.1, -0.05) is 36.0 Å². The lowest BCUT2D eigenvalue weighted by Crippen LogP contribution is -2.33. The van der Waals surface area contributed by atoms with Gasteiger partial charge in [0.05, 0.1) is 4.99 Å². The summed E-state index contributed by atoms with van der Waals surface area (Å²) in [5.74, 6) is 0. The van der Waals surface area contributed by atoms with Crippen LogP contribution in [0.1, 0.15) is 5.56 Å². The van der Waals surface area contributed by atoms with E-state index in [0.29, 0.717) is 0 Å². The fourth-order valence-corrected chi connectivity index (χ4v) is 1.77. The molecule has 1 rings (SSSR count). The van der Waals surface area contributed by atoms with Crippen molar-refractivity contribution in [2.24, 2.45) is 0 Å². The summed E-state index contributed by atoms with van der Waals surface area (Å²) in [5, 5.41) is 0.764. The monoisotopic (exact) mass is 270 g/mol. The second-order valence-corrected chi connectivity index (χ2v) is 5.33. The first-order valence-corrected chi connectivity index (χ1v) is 6.41. The number of hydrogen-bond acceptors (Lipinski definition) is 2. The van der Waals surface area contributed by atoms with E-state index < -0.39 is 0 Å². The zero-order valence-electron chi connectivity index (χ0n) is 10.6. The summed E-state index contributed by atoms with van der Waals surface area (Å²) < 4.78 is 0. The molecule has 0 spiro atoms. The van der Waals surface area contributed by atoms with Gasteiger partial charge >= 0.3 is 0 Å². The molecule has 0 atom stereocenters. The highest BCUT2D eigenvalue weighted by Gasteiger charge is 2.05. The lowest BCUT2D eigenvalue weighted by molar-refractivity contribution is 0.357. The summed E-state index contributed by atoms with van der Waals surface area (Å²) in [4.78, 5) is 5.25. The van der Waals surface area contributed by atoms with Crippen molar-refractivity contribution in [3.05, 3.63) is 34.9 Å². The van der Waals surface area contributed by atoms with Crippen LogP contribution < -0.4 is 0 Å². The van der Waals surface area contributed by atoms with E-state index in [1.54, 1.807) is 0 Å². The van der Waals surface area contributed by atoms with Gasteiger partial charge < -0.3 is 9.80 Å². The quantitative estimate of drug-likeness (QED) is 0.760. The van der Waals surface area contributed by atoms with Crippen LogP contribution in [-0.2, 0) is 6.42 Å². The lowest BCUT2D eigenvalue weighted by Gasteiger charge is -2.22. The Hall–Kier alpha value is -0.640. The van der Waals surface area contributed by atoms with Crippen molar-refractivity contribution in [1.29, 1.82) is 0 Å². The van der Waals surface area contributed by atoms with Gasteiger partial charge in [-0.25, -0.2) is 0 Å². The molecule has 17 heavy (non-hydrogen) atoms. The van der Waals surface area contributed by atoms with E-state index in [-0.39, 0.29) is 0 Å². The molecule has 1 aromatic rings. The molecule has 0 unspecified atom stereocenters. The molecule has 0 aliphatic carbocycles. The molecule has 4 heteroatoms. The van der Waals surface area contributed by atoms with Crippen molar-refractivity contribution < 1.29 is 0 Å². The van der Waals surface area contributed by atoms with Gasteiger partial charge in [0.2, 0.25) is 0 Å². The lowest BCUT2D eigenvalue weighted by atomic mass is 10.1. The summed E-state index contributed by atoms with van der Waals surface area (Å²) in [6.07, 6.45) is 0.802. The zero-order valence-corrected chi connectivity index (χ0v) is 12.2. The molecular weight excluding hydrogens is 252 g/mol. The molecular formula is C13H19ClN2S. The molecule has 2 nitrogen and oxygen atoms in total. The molecule has 0 saturated heterocycles. The SMILES string of the molecule is CN(C)CCN(C)C(=S)Cc1ccc(Cl)cc1. The van der Waals surface area contributed by atoms with Crippen molar-refractivity contribution in [3.63, 3.8) is 0 Å². The fraction of sp³-hybridized carbons (Fsp3) is 0.462. The highest BCUT2D eigenvalue weighted by Crippen LogP contribution is 2.11. The summed E-state index contributed by atoms with van der Waals surface area (Å²) in [5.41, 5.74) is 1.20. The first-order valence-electron chi connectivity index (χ1n) is 5.62. The van der Waals surface area contributed by atoms with Crippen LogP contribution in [0.4, 0.5) is 0 Å². The summed E-state index contributed by atoms with van der Waals surface area (Å²) in [7, 11) is 6.17. The van der Waals surface area contributed by atoms with E-state index in [2.05, 4.69) is 23.9 Å². The standard InChI is InChI=1S/C13H19ClN2S/c1-15(2)8-9-16(3)13(17)10-11-4-6-12(14)7-5-11/h4-7H,8-10H2,1-3H3. The second-order valence-electron chi connectivity index (χ2n) is 4.42. The minimum Gasteiger partial charge on any atom is -0.368 e. The van der Waals surface area contributed by atoms with Crippen LogP contribution in [0, 0.1) is 0 Å². The van der Waals surface area contributed by atoms with E-state index in [1.807, 2.05) is 31.3 Å². The number of halogens is 1. The van der Waals surface area contributed by atoms with Crippen LogP contribution in [0.25, 0.3) is 0 Å². The summed E-state index contributed by atoms with van der Waals surface area (Å²) in [6.45, 7) is 1.97. The molecule has 0 N–H and O–H groups in total. The molecule has 0 aromatic heterocycles. The van der Waals surface area contributed by atoms with Crippen LogP contribution in [0.2, 0.25) is 5.02 Å². The minimum absolute atomic E-state index is 0.764. The maximum atomic E-state index is 5.85. The third-order valence-electron chi connectivity index (χ3n) is 2.58. The molecule has 0 saturated carbocycles. The van der Waals surface area contributed by atoms with Crippen molar-refractivity contribution >= 4 is 28.8 Å². The summed E-state index contributed by atoms with van der Waals surface area (Å²) in [6, 6.07) is 7.85. The van der Waals surface area contributed by atoms with Crippen LogP contribution >= 0.6 is 23.8 Å². The number of thiocarbonyl (C=S) groups is 1.